The lowest BCUT2D eigenvalue weighted by Gasteiger charge is -2.03. The molecular weight excluding hydrogens is 294 g/mol. The van der Waals surface area contributed by atoms with Crippen molar-refractivity contribution < 1.29 is 0 Å². The Morgan fingerprint density at radius 3 is 3.00 bits per heavy atom. The number of benzene rings is 1. The Kier molecular flexibility index (Phi) is 2.74. The molecule has 0 bridgehead atoms. The lowest BCUT2D eigenvalue weighted by Crippen LogP contribution is -1.92. The zero-order chi connectivity index (χ0) is 9.26. The van der Waals surface area contributed by atoms with E-state index in [2.05, 4.69) is 61.5 Å². The summed E-state index contributed by atoms with van der Waals surface area (Å²) in [5.74, 6) is 0. The molecule has 0 atom stereocenters. The lowest BCUT2D eigenvalue weighted by atomic mass is 10.1. The molecule has 3 heteroatoms. The monoisotopic (exact) mass is 301 g/mol. The Balaban J connectivity index is 2.47. The van der Waals surface area contributed by atoms with Gasteiger partial charge in [-0.05, 0) is 55.5 Å². The fraction of sp³-hybridized carbons (Fsp3) is 0.200. The highest BCUT2D eigenvalue weighted by Crippen LogP contribution is 2.29. The van der Waals surface area contributed by atoms with Crippen LogP contribution in [0.5, 0.6) is 0 Å². The number of fused-ring (bicyclic) bond motifs is 1. The van der Waals surface area contributed by atoms with Crippen LogP contribution in [-0.4, -0.2) is 6.54 Å². The van der Waals surface area contributed by atoms with Gasteiger partial charge in [0.15, 0.2) is 0 Å². The summed E-state index contributed by atoms with van der Waals surface area (Å²) in [6, 6.07) is 6.38. The van der Waals surface area contributed by atoms with Gasteiger partial charge in [0, 0.05) is 12.2 Å². The molecular formula is C10H9Br2N. The van der Waals surface area contributed by atoms with Crippen LogP contribution in [0.4, 0.5) is 5.69 Å². The van der Waals surface area contributed by atoms with Crippen molar-refractivity contribution in [3.63, 3.8) is 0 Å². The minimum Gasteiger partial charge on any atom is -0.384 e. The van der Waals surface area contributed by atoms with Crippen molar-refractivity contribution in [1.29, 1.82) is 0 Å². The number of rotatable bonds is 1. The molecule has 13 heavy (non-hydrogen) atoms. The van der Waals surface area contributed by atoms with Gasteiger partial charge in [0.2, 0.25) is 0 Å². The molecule has 1 heterocycles. The normalized spacial score (nSPS) is 13.4. The Bertz CT molecular complexity index is 354. The summed E-state index contributed by atoms with van der Waals surface area (Å²) in [5, 5.41) is 3.39. The summed E-state index contributed by atoms with van der Waals surface area (Å²) >= 11 is 6.74. The van der Waals surface area contributed by atoms with Crippen molar-refractivity contribution in [2.75, 3.05) is 11.9 Å². The number of para-hydroxylation sites is 1. The van der Waals surface area contributed by atoms with E-state index in [1.807, 2.05) is 0 Å². The van der Waals surface area contributed by atoms with Crippen LogP contribution in [0.15, 0.2) is 21.6 Å². The van der Waals surface area contributed by atoms with Gasteiger partial charge in [-0.25, -0.2) is 0 Å². The smallest absolute Gasteiger partial charge is 0.0610 e. The van der Waals surface area contributed by atoms with E-state index in [0.717, 1.165) is 16.4 Å². The molecule has 1 aliphatic rings. The average Bonchev–Trinajstić information content (AvgIpc) is 2.51. The van der Waals surface area contributed by atoms with Gasteiger partial charge < -0.3 is 5.32 Å². The number of nitrogens with one attached hydrogen (secondary N) is 1. The van der Waals surface area contributed by atoms with Crippen LogP contribution in [-0.2, 0) is 6.42 Å². The topological polar surface area (TPSA) is 12.0 Å². The summed E-state index contributed by atoms with van der Waals surface area (Å²) in [7, 11) is 0. The molecule has 0 amide bonds. The summed E-state index contributed by atoms with van der Waals surface area (Å²) in [4.78, 5) is 0. The molecule has 0 aliphatic carbocycles. The summed E-state index contributed by atoms with van der Waals surface area (Å²) in [5.41, 5.74) is 3.92. The zero-order valence-corrected chi connectivity index (χ0v) is 10.2. The standard InChI is InChI=1S/C10H9Br2N/c11-9(12)6-8-3-1-2-7-4-5-13-10(7)8/h1-3,6,13H,4-5H2. The highest BCUT2D eigenvalue weighted by molar-refractivity contribution is 9.28. The molecule has 68 valence electrons. The van der Waals surface area contributed by atoms with Crippen LogP contribution >= 0.6 is 31.9 Å². The van der Waals surface area contributed by atoms with Gasteiger partial charge in [0.1, 0.15) is 0 Å². The van der Waals surface area contributed by atoms with Crippen molar-refractivity contribution in [1.82, 2.24) is 0 Å². The van der Waals surface area contributed by atoms with Gasteiger partial charge in [-0.2, -0.15) is 0 Å². The van der Waals surface area contributed by atoms with Crippen molar-refractivity contribution in [2.45, 2.75) is 6.42 Å². The Labute approximate surface area is 94.5 Å². The Morgan fingerprint density at radius 2 is 2.23 bits per heavy atom. The highest BCUT2D eigenvalue weighted by atomic mass is 79.9. The average molecular weight is 303 g/mol. The summed E-state index contributed by atoms with van der Waals surface area (Å²) < 4.78 is 0.974. The lowest BCUT2D eigenvalue weighted by molar-refractivity contribution is 1.11. The van der Waals surface area contributed by atoms with Crippen molar-refractivity contribution in [2.24, 2.45) is 0 Å². The fourth-order valence-electron chi connectivity index (χ4n) is 1.60. The second-order valence-electron chi connectivity index (χ2n) is 2.99. The van der Waals surface area contributed by atoms with Gasteiger partial charge >= 0.3 is 0 Å². The van der Waals surface area contributed by atoms with Crippen LogP contribution < -0.4 is 5.32 Å². The zero-order valence-electron chi connectivity index (χ0n) is 6.98. The van der Waals surface area contributed by atoms with Gasteiger partial charge in [-0.1, -0.05) is 18.2 Å². The molecule has 0 saturated heterocycles. The molecule has 0 radical (unpaired) electrons. The van der Waals surface area contributed by atoms with Gasteiger partial charge in [-0.15, -0.1) is 0 Å². The third kappa shape index (κ3) is 1.97. The Hall–Kier alpha value is -0.280. The number of halogens is 2. The molecule has 1 aliphatic heterocycles. The van der Waals surface area contributed by atoms with E-state index in [1.54, 1.807) is 0 Å². The predicted molar refractivity (Wildman–Crippen MR) is 64.5 cm³/mol. The molecule has 1 aromatic carbocycles. The van der Waals surface area contributed by atoms with Gasteiger partial charge in [0.05, 0.1) is 3.39 Å². The quantitative estimate of drug-likeness (QED) is 0.833. The molecule has 0 saturated carbocycles. The number of hydrogen-bond donors (Lipinski definition) is 1. The Morgan fingerprint density at radius 1 is 1.38 bits per heavy atom. The first kappa shape index (κ1) is 9.28. The van der Waals surface area contributed by atoms with Crippen molar-refractivity contribution in [3.05, 3.63) is 32.7 Å². The molecule has 1 nitrogen and oxygen atoms in total. The highest BCUT2D eigenvalue weighted by Gasteiger charge is 2.11. The fourth-order valence-corrected chi connectivity index (χ4v) is 2.10. The largest absolute Gasteiger partial charge is 0.384 e. The molecule has 2 rings (SSSR count). The van der Waals surface area contributed by atoms with Crippen LogP contribution in [0.1, 0.15) is 11.1 Å². The minimum absolute atomic E-state index is 0.974. The van der Waals surface area contributed by atoms with Crippen LogP contribution in [0.3, 0.4) is 0 Å². The molecule has 0 unspecified atom stereocenters. The third-order valence-electron chi connectivity index (χ3n) is 2.14. The first-order valence-corrected chi connectivity index (χ1v) is 5.74. The summed E-state index contributed by atoms with van der Waals surface area (Å²) in [6.07, 6.45) is 3.20. The van der Waals surface area contributed by atoms with E-state index in [1.165, 1.54) is 16.8 Å². The predicted octanol–water partition coefficient (Wildman–Crippen LogP) is 3.74. The molecule has 1 aromatic rings. The summed E-state index contributed by atoms with van der Waals surface area (Å²) in [6.45, 7) is 1.06. The molecule has 0 fully saturated rings. The second kappa shape index (κ2) is 3.84. The second-order valence-corrected chi connectivity index (χ2v) is 5.76. The van der Waals surface area contributed by atoms with Gasteiger partial charge in [-0.3, -0.25) is 0 Å². The van der Waals surface area contributed by atoms with E-state index in [-0.39, 0.29) is 0 Å². The maximum Gasteiger partial charge on any atom is 0.0610 e. The van der Waals surface area contributed by atoms with Crippen LogP contribution in [0, 0.1) is 0 Å². The molecule has 0 spiro atoms. The maximum atomic E-state index is 3.39. The first-order valence-electron chi connectivity index (χ1n) is 4.16. The van der Waals surface area contributed by atoms with E-state index in [4.69, 9.17) is 0 Å². The third-order valence-corrected chi connectivity index (χ3v) is 2.60. The van der Waals surface area contributed by atoms with E-state index in [9.17, 15) is 0 Å². The SMILES string of the molecule is BrC(Br)=Cc1cccc2c1NCC2. The van der Waals surface area contributed by atoms with Crippen LogP contribution in [0.2, 0.25) is 0 Å². The van der Waals surface area contributed by atoms with Gasteiger partial charge in [0.25, 0.3) is 0 Å². The molecule has 1 N–H and O–H groups in total. The molecule has 0 aromatic heterocycles. The maximum absolute atomic E-state index is 3.39. The minimum atomic E-state index is 0.974. The van der Waals surface area contributed by atoms with Crippen molar-refractivity contribution in [3.8, 4) is 0 Å². The number of anilines is 1. The number of hydrogen-bond acceptors (Lipinski definition) is 1. The van der Waals surface area contributed by atoms with E-state index in [0.29, 0.717) is 0 Å². The van der Waals surface area contributed by atoms with Crippen LogP contribution in [0.25, 0.3) is 6.08 Å². The van der Waals surface area contributed by atoms with Crippen molar-refractivity contribution >= 4 is 43.6 Å². The van der Waals surface area contributed by atoms with E-state index < -0.39 is 0 Å². The van der Waals surface area contributed by atoms with E-state index >= 15 is 0 Å². The first-order chi connectivity index (χ1) is 6.27.